The van der Waals surface area contributed by atoms with Crippen molar-refractivity contribution >= 4 is 5.78 Å². The second-order valence-electron chi connectivity index (χ2n) is 7.72. The summed E-state index contributed by atoms with van der Waals surface area (Å²) in [4.78, 5) is 12.9. The molecule has 0 amide bonds. The van der Waals surface area contributed by atoms with Gasteiger partial charge < -0.3 is 50.3 Å². The number of hydrogen-bond donors (Lipinski definition) is 8. The molecule has 11 nitrogen and oxygen atoms in total. The lowest BCUT2D eigenvalue weighted by molar-refractivity contribution is -0.232. The van der Waals surface area contributed by atoms with Crippen LogP contribution in [0.25, 0.3) is 0 Å². The number of ether oxygens (including phenoxy) is 2. The fourth-order valence-corrected chi connectivity index (χ4v) is 4.00. The highest BCUT2D eigenvalue weighted by Gasteiger charge is 2.48. The van der Waals surface area contributed by atoms with E-state index in [2.05, 4.69) is 0 Å². The summed E-state index contributed by atoms with van der Waals surface area (Å²) in [5.41, 5.74) is -0.600. The van der Waals surface area contributed by atoms with E-state index in [1.54, 1.807) is 0 Å². The zero-order valence-corrected chi connectivity index (χ0v) is 16.4. The number of benzene rings is 2. The first-order valence-corrected chi connectivity index (χ1v) is 9.72. The summed E-state index contributed by atoms with van der Waals surface area (Å²) in [5.74, 6) is -2.73. The predicted molar refractivity (Wildman–Crippen MR) is 104 cm³/mol. The Kier molecular flexibility index (Phi) is 5.71. The summed E-state index contributed by atoms with van der Waals surface area (Å²) in [6.45, 7) is -0.733. The second kappa shape index (κ2) is 8.20. The van der Waals surface area contributed by atoms with Gasteiger partial charge in [0, 0.05) is 6.07 Å². The van der Waals surface area contributed by atoms with Crippen LogP contribution in [0.4, 0.5) is 0 Å². The van der Waals surface area contributed by atoms with Crippen LogP contribution in [0.2, 0.25) is 0 Å². The summed E-state index contributed by atoms with van der Waals surface area (Å²) in [7, 11) is 0. The molecule has 0 bridgehead atoms. The molecule has 32 heavy (non-hydrogen) atoms. The predicted octanol–water partition coefficient (Wildman–Crippen LogP) is -1.00. The molecule has 7 atom stereocenters. The Morgan fingerprint density at radius 1 is 0.875 bits per heavy atom. The molecule has 0 aliphatic carbocycles. The highest BCUT2D eigenvalue weighted by molar-refractivity contribution is 6.06. The first-order valence-electron chi connectivity index (χ1n) is 9.72. The van der Waals surface area contributed by atoms with Gasteiger partial charge in [0.1, 0.15) is 59.1 Å². The third-order valence-electron chi connectivity index (χ3n) is 5.74. The molecule has 2 aromatic carbocycles. The maximum atomic E-state index is 12.9. The Balaban J connectivity index is 1.76. The normalized spacial score (nSPS) is 32.3. The molecule has 0 radical (unpaired) electrons. The molecule has 2 unspecified atom stereocenters. The zero-order chi connectivity index (χ0) is 23.3. The Hall–Kier alpha value is -2.93. The molecule has 1 saturated heterocycles. The molecule has 8 N–H and O–H groups in total. The van der Waals surface area contributed by atoms with E-state index in [1.807, 2.05) is 0 Å². The lowest BCUT2D eigenvalue weighted by atomic mass is 9.86. The number of rotatable bonds is 3. The largest absolute Gasteiger partial charge is 0.508 e. The third kappa shape index (κ3) is 3.45. The molecule has 0 spiro atoms. The molecule has 4 rings (SSSR count). The van der Waals surface area contributed by atoms with Crippen molar-refractivity contribution in [1.29, 1.82) is 0 Å². The van der Waals surface area contributed by atoms with E-state index in [4.69, 9.17) is 9.47 Å². The molecule has 2 aliphatic heterocycles. The van der Waals surface area contributed by atoms with E-state index in [0.717, 1.165) is 6.07 Å². The van der Waals surface area contributed by atoms with Crippen LogP contribution in [-0.2, 0) is 4.74 Å². The van der Waals surface area contributed by atoms with Gasteiger partial charge in [-0.3, -0.25) is 4.79 Å². The average Bonchev–Trinajstić information content (AvgIpc) is 2.76. The van der Waals surface area contributed by atoms with Crippen molar-refractivity contribution in [3.63, 3.8) is 0 Å². The van der Waals surface area contributed by atoms with Gasteiger partial charge in [-0.25, -0.2) is 0 Å². The molecule has 172 valence electrons. The van der Waals surface area contributed by atoms with Crippen molar-refractivity contribution in [2.75, 3.05) is 6.61 Å². The van der Waals surface area contributed by atoms with Gasteiger partial charge in [-0.1, -0.05) is 12.1 Å². The maximum absolute atomic E-state index is 12.9. The van der Waals surface area contributed by atoms with Crippen molar-refractivity contribution < 1.29 is 55.1 Å². The zero-order valence-electron chi connectivity index (χ0n) is 16.4. The van der Waals surface area contributed by atoms with E-state index in [9.17, 15) is 45.6 Å². The molecule has 2 aromatic rings. The molecular formula is C21H22O11. The fraction of sp³-hybridized carbons (Fsp3) is 0.381. The van der Waals surface area contributed by atoms with Gasteiger partial charge in [0.25, 0.3) is 0 Å². The number of hydrogen-bond acceptors (Lipinski definition) is 11. The van der Waals surface area contributed by atoms with Crippen molar-refractivity contribution in [2.24, 2.45) is 0 Å². The van der Waals surface area contributed by atoms with Crippen molar-refractivity contribution in [3.05, 3.63) is 47.0 Å². The fourth-order valence-electron chi connectivity index (χ4n) is 4.00. The number of ketones is 1. The molecule has 0 aromatic heterocycles. The van der Waals surface area contributed by atoms with Gasteiger partial charge in [0.05, 0.1) is 12.2 Å². The van der Waals surface area contributed by atoms with Crippen LogP contribution in [0.5, 0.6) is 23.0 Å². The molecule has 2 aliphatic rings. The summed E-state index contributed by atoms with van der Waals surface area (Å²) >= 11 is 0. The second-order valence-corrected chi connectivity index (χ2v) is 7.72. The summed E-state index contributed by atoms with van der Waals surface area (Å²) < 4.78 is 11.0. The number of carbonyl (C=O) groups excluding carboxylic acids is 1. The molecule has 0 saturated carbocycles. The number of phenols is 3. The van der Waals surface area contributed by atoms with E-state index in [1.165, 1.54) is 24.3 Å². The van der Waals surface area contributed by atoms with E-state index >= 15 is 0 Å². The van der Waals surface area contributed by atoms with Crippen molar-refractivity contribution in [1.82, 2.24) is 0 Å². The topological polar surface area (TPSA) is 197 Å². The van der Waals surface area contributed by atoms with Gasteiger partial charge in [-0.15, -0.1) is 0 Å². The first kappa shape index (κ1) is 22.3. The van der Waals surface area contributed by atoms with Gasteiger partial charge >= 0.3 is 0 Å². The van der Waals surface area contributed by atoms with Crippen LogP contribution in [0.3, 0.4) is 0 Å². The lowest BCUT2D eigenvalue weighted by Crippen LogP contribution is -2.55. The SMILES string of the molecule is O=C1c2c(cc(O)c([C@@H]3OC(CO)[C@H](O)[C@H](O)C3O)c2O)O[C@@H](c2ccc(O)cc2)[C@@H]1O. The maximum Gasteiger partial charge on any atom is 0.202 e. The van der Waals surface area contributed by atoms with Gasteiger partial charge in [0.15, 0.2) is 12.2 Å². The Bertz CT molecular complexity index is 1020. The summed E-state index contributed by atoms with van der Waals surface area (Å²) in [6, 6.07) is 6.53. The lowest BCUT2D eigenvalue weighted by Gasteiger charge is -2.41. The monoisotopic (exact) mass is 450 g/mol. The van der Waals surface area contributed by atoms with Crippen LogP contribution in [-0.4, -0.2) is 83.8 Å². The van der Waals surface area contributed by atoms with E-state index in [-0.39, 0.29) is 11.5 Å². The minimum atomic E-state index is -1.82. The molecule has 11 heteroatoms. The van der Waals surface area contributed by atoms with Crippen LogP contribution in [0.1, 0.15) is 33.7 Å². The number of fused-ring (bicyclic) bond motifs is 1. The van der Waals surface area contributed by atoms with E-state index in [0.29, 0.717) is 5.56 Å². The number of Topliss-reactive ketones (excluding diaryl/α,β-unsaturated/α-hetero) is 1. The minimum absolute atomic E-state index is 0.0368. The van der Waals surface area contributed by atoms with Crippen LogP contribution < -0.4 is 4.74 Å². The third-order valence-corrected chi connectivity index (χ3v) is 5.74. The van der Waals surface area contributed by atoms with Crippen molar-refractivity contribution in [2.45, 2.75) is 42.7 Å². The average molecular weight is 450 g/mol. The van der Waals surface area contributed by atoms with Gasteiger partial charge in [0.2, 0.25) is 5.78 Å². The first-order chi connectivity index (χ1) is 15.1. The quantitative estimate of drug-likeness (QED) is 0.285. The Labute approximate surface area is 181 Å². The number of aromatic hydroxyl groups is 3. The Morgan fingerprint density at radius 2 is 1.53 bits per heavy atom. The highest BCUT2D eigenvalue weighted by atomic mass is 16.5. The number of carbonyl (C=O) groups is 1. The minimum Gasteiger partial charge on any atom is -0.508 e. The van der Waals surface area contributed by atoms with Crippen LogP contribution >= 0.6 is 0 Å². The van der Waals surface area contributed by atoms with E-state index < -0.39 is 77.7 Å². The highest BCUT2D eigenvalue weighted by Crippen LogP contribution is 2.49. The number of phenolic OH excluding ortho intramolecular Hbond substituents is 3. The standard InChI is InChI=1S/C21H22O11/c22-6-11-14(25)17(28)19(30)21(32-11)12-9(24)5-10-13(15(12)26)16(27)18(29)20(31-10)7-1-3-8(23)4-2-7/h1-5,11,14,17-26,28-30H,6H2/t11?,14-,17-,18+,19?,20-,21-/m0/s1. The molecular weight excluding hydrogens is 428 g/mol. The van der Waals surface area contributed by atoms with Crippen molar-refractivity contribution in [3.8, 4) is 23.0 Å². The smallest absolute Gasteiger partial charge is 0.202 e. The number of aliphatic hydroxyl groups is 5. The van der Waals surface area contributed by atoms with Crippen LogP contribution in [0.15, 0.2) is 30.3 Å². The van der Waals surface area contributed by atoms with Gasteiger partial charge in [-0.05, 0) is 17.7 Å². The Morgan fingerprint density at radius 3 is 2.16 bits per heavy atom. The molecule has 2 heterocycles. The van der Waals surface area contributed by atoms with Gasteiger partial charge in [-0.2, -0.15) is 0 Å². The van der Waals surface area contributed by atoms with Crippen LogP contribution in [0, 0.1) is 0 Å². The summed E-state index contributed by atoms with van der Waals surface area (Å²) in [6.07, 6.45) is -11.1. The molecule has 1 fully saturated rings. The number of aliphatic hydroxyl groups excluding tert-OH is 5. The summed E-state index contributed by atoms with van der Waals surface area (Å²) in [5, 5.41) is 80.9.